The maximum Gasteiger partial charge on any atom is 0.391 e. The van der Waals surface area contributed by atoms with E-state index < -0.39 is 0 Å². The highest BCUT2D eigenvalue weighted by molar-refractivity contribution is 6.43. The SMILES string of the molecule is C[n+]1cc(-c2cccc(Cl)c2Cl)c(N)nc1N.[I-]. The van der Waals surface area contributed by atoms with Gasteiger partial charge in [0.1, 0.15) is 0 Å². The molecule has 0 spiro atoms. The molecule has 18 heavy (non-hydrogen) atoms. The molecule has 7 heteroatoms. The van der Waals surface area contributed by atoms with E-state index in [1.807, 2.05) is 6.07 Å². The Balaban J connectivity index is 0.00000162. The molecule has 0 atom stereocenters. The molecular formula is C11H11Cl2IN4. The van der Waals surface area contributed by atoms with Crippen LogP contribution in [-0.2, 0) is 7.05 Å². The maximum atomic E-state index is 6.14. The fourth-order valence-electron chi connectivity index (χ4n) is 1.51. The van der Waals surface area contributed by atoms with E-state index in [4.69, 9.17) is 34.7 Å². The Morgan fingerprint density at radius 2 is 1.83 bits per heavy atom. The minimum atomic E-state index is 0. The quantitative estimate of drug-likeness (QED) is 0.482. The fourth-order valence-corrected chi connectivity index (χ4v) is 1.91. The van der Waals surface area contributed by atoms with E-state index in [0.717, 1.165) is 5.56 Å². The Morgan fingerprint density at radius 1 is 1.17 bits per heavy atom. The summed E-state index contributed by atoms with van der Waals surface area (Å²) in [7, 11) is 1.78. The summed E-state index contributed by atoms with van der Waals surface area (Å²) in [6, 6.07) is 5.35. The number of nitrogen functional groups attached to an aromatic ring is 2. The lowest BCUT2D eigenvalue weighted by molar-refractivity contribution is -0.658. The van der Waals surface area contributed by atoms with Crippen LogP contribution in [0.15, 0.2) is 24.4 Å². The second-order valence-corrected chi connectivity index (χ2v) is 4.40. The summed E-state index contributed by atoms with van der Waals surface area (Å²) in [4.78, 5) is 4.04. The molecule has 0 aliphatic heterocycles. The third-order valence-electron chi connectivity index (χ3n) is 2.44. The van der Waals surface area contributed by atoms with Gasteiger partial charge in [0.2, 0.25) is 5.82 Å². The van der Waals surface area contributed by atoms with E-state index in [1.54, 1.807) is 29.9 Å². The number of aromatic nitrogens is 2. The van der Waals surface area contributed by atoms with Gasteiger partial charge in [-0.3, -0.25) is 5.73 Å². The first kappa shape index (κ1) is 15.3. The summed E-state index contributed by atoms with van der Waals surface area (Å²) in [6.45, 7) is 0. The second kappa shape index (κ2) is 5.90. The average molecular weight is 397 g/mol. The monoisotopic (exact) mass is 396 g/mol. The fraction of sp³-hybridized carbons (Fsp3) is 0.0909. The first-order valence-corrected chi connectivity index (χ1v) is 5.62. The van der Waals surface area contributed by atoms with Crippen LogP contribution in [0.1, 0.15) is 0 Å². The second-order valence-electron chi connectivity index (χ2n) is 3.61. The van der Waals surface area contributed by atoms with Gasteiger partial charge in [-0.2, -0.15) is 0 Å². The highest BCUT2D eigenvalue weighted by atomic mass is 127. The lowest BCUT2D eigenvalue weighted by Gasteiger charge is -2.07. The highest BCUT2D eigenvalue weighted by Gasteiger charge is 2.16. The number of hydrogen-bond acceptors (Lipinski definition) is 3. The standard InChI is InChI=1S/C11H10Cl2N4.HI/c1-17-5-7(10(14)16-11(17)15)6-3-2-4-8(12)9(6)13;/h2-5H,1H3,(H3,14,15,16);1H. The van der Waals surface area contributed by atoms with Crippen molar-refractivity contribution in [2.24, 2.45) is 7.05 Å². The van der Waals surface area contributed by atoms with Gasteiger partial charge >= 0.3 is 5.95 Å². The van der Waals surface area contributed by atoms with Crippen LogP contribution in [0.4, 0.5) is 11.8 Å². The molecule has 0 saturated carbocycles. The predicted octanol–water partition coefficient (Wildman–Crippen LogP) is -0.952. The summed E-state index contributed by atoms with van der Waals surface area (Å²) >= 11 is 12.1. The van der Waals surface area contributed by atoms with Gasteiger partial charge in [-0.1, -0.05) is 40.3 Å². The molecule has 4 N–H and O–H groups in total. The van der Waals surface area contributed by atoms with E-state index in [2.05, 4.69) is 4.98 Å². The van der Waals surface area contributed by atoms with Gasteiger partial charge in [-0.25, -0.2) is 4.57 Å². The molecule has 0 saturated heterocycles. The highest BCUT2D eigenvalue weighted by Crippen LogP contribution is 2.34. The lowest BCUT2D eigenvalue weighted by atomic mass is 10.1. The Morgan fingerprint density at radius 3 is 2.50 bits per heavy atom. The molecule has 0 unspecified atom stereocenters. The third-order valence-corrected chi connectivity index (χ3v) is 3.26. The van der Waals surface area contributed by atoms with Gasteiger partial charge in [0, 0.05) is 5.56 Å². The van der Waals surface area contributed by atoms with E-state index in [9.17, 15) is 0 Å². The minimum absolute atomic E-state index is 0. The number of anilines is 2. The van der Waals surface area contributed by atoms with Crippen molar-refractivity contribution in [1.82, 2.24) is 4.98 Å². The smallest absolute Gasteiger partial charge is 0.391 e. The van der Waals surface area contributed by atoms with Crippen molar-refractivity contribution in [1.29, 1.82) is 0 Å². The first-order valence-electron chi connectivity index (χ1n) is 4.86. The van der Waals surface area contributed by atoms with E-state index in [1.165, 1.54) is 0 Å². The Labute approximate surface area is 132 Å². The van der Waals surface area contributed by atoms with Crippen molar-refractivity contribution in [2.75, 3.05) is 11.5 Å². The Kier molecular flexibility index (Phi) is 5.01. The number of nitrogens with zero attached hydrogens (tertiary/aromatic N) is 2. The predicted molar refractivity (Wildman–Crippen MR) is 69.7 cm³/mol. The Hall–Kier alpha value is -0.790. The van der Waals surface area contributed by atoms with E-state index in [-0.39, 0.29) is 24.0 Å². The molecule has 0 radical (unpaired) electrons. The molecule has 0 amide bonds. The van der Waals surface area contributed by atoms with E-state index in [0.29, 0.717) is 27.4 Å². The van der Waals surface area contributed by atoms with Crippen LogP contribution in [0.2, 0.25) is 10.0 Å². The van der Waals surface area contributed by atoms with Crippen LogP contribution in [-0.4, -0.2) is 4.98 Å². The zero-order valence-corrected chi connectivity index (χ0v) is 13.2. The van der Waals surface area contributed by atoms with Gasteiger partial charge in [0.15, 0.2) is 0 Å². The van der Waals surface area contributed by atoms with Gasteiger partial charge in [0.05, 0.1) is 28.9 Å². The molecule has 1 aromatic carbocycles. The van der Waals surface area contributed by atoms with Crippen LogP contribution >= 0.6 is 23.2 Å². The molecule has 2 aromatic rings. The number of rotatable bonds is 1. The van der Waals surface area contributed by atoms with Crippen LogP contribution in [0.3, 0.4) is 0 Å². The summed E-state index contributed by atoms with van der Waals surface area (Å²) < 4.78 is 1.67. The van der Waals surface area contributed by atoms with E-state index >= 15 is 0 Å². The summed E-state index contributed by atoms with van der Waals surface area (Å²) in [5, 5.41) is 0.926. The number of halogens is 3. The molecule has 0 bridgehead atoms. The van der Waals surface area contributed by atoms with Crippen LogP contribution < -0.4 is 40.0 Å². The zero-order valence-electron chi connectivity index (χ0n) is 9.49. The maximum absolute atomic E-state index is 6.14. The molecule has 96 valence electrons. The first-order chi connectivity index (χ1) is 8.00. The number of benzene rings is 1. The molecule has 1 aromatic heterocycles. The molecule has 0 fully saturated rings. The lowest BCUT2D eigenvalue weighted by Crippen LogP contribution is -3.00. The Bertz CT molecular complexity index is 589. The molecule has 0 aliphatic rings. The van der Waals surface area contributed by atoms with Gasteiger partial charge in [-0.05, 0) is 6.07 Å². The number of hydrogen-bond donors (Lipinski definition) is 2. The zero-order chi connectivity index (χ0) is 12.6. The number of nitrogens with two attached hydrogens (primary N) is 2. The molecule has 4 nitrogen and oxygen atoms in total. The van der Waals surface area contributed by atoms with Crippen LogP contribution in [0.25, 0.3) is 11.1 Å². The van der Waals surface area contributed by atoms with Crippen molar-refractivity contribution < 1.29 is 28.5 Å². The van der Waals surface area contributed by atoms with Crippen LogP contribution in [0, 0.1) is 0 Å². The third kappa shape index (κ3) is 2.78. The summed E-state index contributed by atoms with van der Waals surface area (Å²) in [6.07, 6.45) is 1.77. The van der Waals surface area contributed by atoms with Crippen molar-refractivity contribution in [3.63, 3.8) is 0 Å². The topological polar surface area (TPSA) is 68.8 Å². The molecule has 0 aliphatic carbocycles. The van der Waals surface area contributed by atoms with Crippen molar-refractivity contribution in [3.05, 3.63) is 34.4 Å². The molecule has 2 rings (SSSR count). The minimum Gasteiger partial charge on any atom is -1.00 e. The van der Waals surface area contributed by atoms with Crippen LogP contribution in [0.5, 0.6) is 0 Å². The summed E-state index contributed by atoms with van der Waals surface area (Å²) in [5.41, 5.74) is 12.9. The average Bonchev–Trinajstić information content (AvgIpc) is 2.28. The van der Waals surface area contributed by atoms with Crippen molar-refractivity contribution >= 4 is 35.0 Å². The van der Waals surface area contributed by atoms with Crippen molar-refractivity contribution in [3.8, 4) is 11.1 Å². The van der Waals surface area contributed by atoms with Gasteiger partial charge in [0.25, 0.3) is 0 Å². The normalized spacial score (nSPS) is 9.94. The molecular weight excluding hydrogens is 386 g/mol. The largest absolute Gasteiger partial charge is 1.00 e. The molecule has 1 heterocycles. The van der Waals surface area contributed by atoms with Crippen molar-refractivity contribution in [2.45, 2.75) is 0 Å². The van der Waals surface area contributed by atoms with Gasteiger partial charge in [-0.15, -0.1) is 0 Å². The number of aryl methyl sites for hydroxylation is 1. The summed E-state index contributed by atoms with van der Waals surface area (Å²) in [5.74, 6) is 0.661. The van der Waals surface area contributed by atoms with Gasteiger partial charge < -0.3 is 29.7 Å².